The summed E-state index contributed by atoms with van der Waals surface area (Å²) in [7, 11) is 0. The molecule has 1 atom stereocenters. The molecule has 0 aliphatic rings. The molecule has 0 radical (unpaired) electrons. The van der Waals surface area contributed by atoms with Gasteiger partial charge in [-0.05, 0) is 25.4 Å². The van der Waals surface area contributed by atoms with Crippen LogP contribution in [0.1, 0.15) is 19.5 Å². The SMILES string of the molecule is CCOC(=O)C(C)Nc1cc(C(F)(F)F)nc(Cl)n1. The van der Waals surface area contributed by atoms with Crippen molar-refractivity contribution in [1.29, 1.82) is 0 Å². The third-order valence-electron chi connectivity index (χ3n) is 1.99. The number of hydrogen-bond acceptors (Lipinski definition) is 5. The largest absolute Gasteiger partial charge is 0.464 e. The molecule has 19 heavy (non-hydrogen) atoms. The highest BCUT2D eigenvalue weighted by atomic mass is 35.5. The van der Waals surface area contributed by atoms with Crippen LogP contribution in [0.3, 0.4) is 0 Å². The lowest BCUT2D eigenvalue weighted by atomic mass is 10.3. The highest BCUT2D eigenvalue weighted by molar-refractivity contribution is 6.28. The van der Waals surface area contributed by atoms with Crippen molar-refractivity contribution in [2.45, 2.75) is 26.1 Å². The van der Waals surface area contributed by atoms with Crippen LogP contribution >= 0.6 is 11.6 Å². The number of aromatic nitrogens is 2. The Bertz CT molecular complexity index is 468. The maximum Gasteiger partial charge on any atom is 0.433 e. The van der Waals surface area contributed by atoms with Gasteiger partial charge in [-0.2, -0.15) is 13.2 Å². The van der Waals surface area contributed by atoms with Gasteiger partial charge in [0.05, 0.1) is 6.61 Å². The molecule has 0 saturated carbocycles. The number of carbonyl (C=O) groups excluding carboxylic acids is 1. The second-order valence-corrected chi connectivity index (χ2v) is 3.86. The Kier molecular flexibility index (Phi) is 4.93. The Balaban J connectivity index is 2.90. The lowest BCUT2D eigenvalue weighted by molar-refractivity contribution is -0.143. The Labute approximate surface area is 112 Å². The molecule has 106 valence electrons. The van der Waals surface area contributed by atoms with Crippen LogP contribution in [-0.2, 0) is 15.7 Å². The molecule has 0 fully saturated rings. The van der Waals surface area contributed by atoms with Gasteiger partial charge in [0.25, 0.3) is 0 Å². The van der Waals surface area contributed by atoms with Gasteiger partial charge in [0.2, 0.25) is 5.28 Å². The van der Waals surface area contributed by atoms with Crippen molar-refractivity contribution in [2.24, 2.45) is 0 Å². The number of hydrogen-bond donors (Lipinski definition) is 1. The van der Waals surface area contributed by atoms with Crippen molar-refractivity contribution < 1.29 is 22.7 Å². The smallest absolute Gasteiger partial charge is 0.433 e. The molecule has 0 aliphatic heterocycles. The van der Waals surface area contributed by atoms with Crippen molar-refractivity contribution >= 4 is 23.4 Å². The summed E-state index contributed by atoms with van der Waals surface area (Å²) in [6.45, 7) is 3.22. The molecule has 0 bridgehead atoms. The van der Waals surface area contributed by atoms with Gasteiger partial charge in [-0.25, -0.2) is 14.8 Å². The highest BCUT2D eigenvalue weighted by Crippen LogP contribution is 2.29. The van der Waals surface area contributed by atoms with Gasteiger partial charge in [-0.15, -0.1) is 0 Å². The zero-order chi connectivity index (χ0) is 14.6. The summed E-state index contributed by atoms with van der Waals surface area (Å²) in [6.07, 6.45) is -4.64. The minimum absolute atomic E-state index is 0.170. The molecule has 0 aromatic carbocycles. The second-order valence-electron chi connectivity index (χ2n) is 3.52. The molecule has 1 aromatic heterocycles. The van der Waals surface area contributed by atoms with E-state index in [9.17, 15) is 18.0 Å². The van der Waals surface area contributed by atoms with E-state index < -0.39 is 29.2 Å². The van der Waals surface area contributed by atoms with E-state index in [-0.39, 0.29) is 12.4 Å². The van der Waals surface area contributed by atoms with Crippen molar-refractivity contribution in [3.05, 3.63) is 17.0 Å². The van der Waals surface area contributed by atoms with Crippen molar-refractivity contribution in [1.82, 2.24) is 9.97 Å². The zero-order valence-electron chi connectivity index (χ0n) is 10.1. The number of anilines is 1. The summed E-state index contributed by atoms with van der Waals surface area (Å²) in [4.78, 5) is 18.0. The monoisotopic (exact) mass is 297 g/mol. The van der Waals surface area contributed by atoms with Crippen molar-refractivity contribution in [3.63, 3.8) is 0 Å². The summed E-state index contributed by atoms with van der Waals surface area (Å²) in [6, 6.07) is -0.186. The van der Waals surface area contributed by atoms with Crippen LogP contribution in [0.5, 0.6) is 0 Å². The van der Waals surface area contributed by atoms with Crippen LogP contribution in [0, 0.1) is 0 Å². The van der Waals surface area contributed by atoms with E-state index in [1.807, 2.05) is 0 Å². The maximum atomic E-state index is 12.5. The third-order valence-corrected chi connectivity index (χ3v) is 2.16. The van der Waals surface area contributed by atoms with Gasteiger partial charge in [-0.1, -0.05) is 0 Å². The molecule has 5 nitrogen and oxygen atoms in total. The molecular formula is C10H11ClF3N3O2. The van der Waals surface area contributed by atoms with E-state index in [0.29, 0.717) is 6.07 Å². The fourth-order valence-corrected chi connectivity index (χ4v) is 1.37. The van der Waals surface area contributed by atoms with Crippen LogP contribution in [0.15, 0.2) is 6.07 Å². The lowest BCUT2D eigenvalue weighted by Gasteiger charge is -2.14. The molecule has 1 unspecified atom stereocenters. The molecule has 0 saturated heterocycles. The van der Waals surface area contributed by atoms with Gasteiger partial charge in [0.1, 0.15) is 11.9 Å². The second kappa shape index (κ2) is 6.05. The first-order valence-electron chi connectivity index (χ1n) is 5.29. The molecule has 1 rings (SSSR count). The number of nitrogens with one attached hydrogen (secondary N) is 1. The highest BCUT2D eigenvalue weighted by Gasteiger charge is 2.33. The predicted molar refractivity (Wildman–Crippen MR) is 61.8 cm³/mol. The predicted octanol–water partition coefficient (Wildman–Crippen LogP) is 2.51. The van der Waals surface area contributed by atoms with Crippen molar-refractivity contribution in [2.75, 3.05) is 11.9 Å². The van der Waals surface area contributed by atoms with E-state index in [0.717, 1.165) is 0 Å². The Morgan fingerprint density at radius 3 is 2.68 bits per heavy atom. The summed E-state index contributed by atoms with van der Waals surface area (Å²) in [5.41, 5.74) is -1.19. The molecule has 1 aromatic rings. The topological polar surface area (TPSA) is 64.1 Å². The Morgan fingerprint density at radius 2 is 2.16 bits per heavy atom. The van der Waals surface area contributed by atoms with Gasteiger partial charge >= 0.3 is 12.1 Å². The zero-order valence-corrected chi connectivity index (χ0v) is 10.8. The molecule has 0 spiro atoms. The minimum Gasteiger partial charge on any atom is -0.464 e. The van der Waals surface area contributed by atoms with E-state index in [1.54, 1.807) is 6.92 Å². The van der Waals surface area contributed by atoms with Crippen LogP contribution in [0.2, 0.25) is 5.28 Å². The minimum atomic E-state index is -4.64. The quantitative estimate of drug-likeness (QED) is 0.683. The first-order valence-corrected chi connectivity index (χ1v) is 5.66. The molecule has 0 amide bonds. The first-order chi connectivity index (χ1) is 8.74. The molecule has 9 heteroatoms. The number of nitrogens with zero attached hydrogens (tertiary/aromatic N) is 2. The van der Waals surface area contributed by atoms with Gasteiger partial charge in [0.15, 0.2) is 5.69 Å². The van der Waals surface area contributed by atoms with Crippen LogP contribution in [-0.4, -0.2) is 28.6 Å². The fourth-order valence-electron chi connectivity index (χ4n) is 1.19. The summed E-state index contributed by atoms with van der Waals surface area (Å²) in [5, 5.41) is 1.91. The van der Waals surface area contributed by atoms with Crippen LogP contribution in [0.25, 0.3) is 0 Å². The summed E-state index contributed by atoms with van der Waals surface area (Å²) in [5.74, 6) is -0.807. The number of carbonyl (C=O) groups is 1. The first kappa shape index (κ1) is 15.5. The van der Waals surface area contributed by atoms with E-state index in [4.69, 9.17) is 16.3 Å². The number of ether oxygens (including phenoxy) is 1. The van der Waals surface area contributed by atoms with Gasteiger partial charge in [-0.3, -0.25) is 0 Å². The van der Waals surface area contributed by atoms with E-state index >= 15 is 0 Å². The van der Waals surface area contributed by atoms with E-state index in [2.05, 4.69) is 15.3 Å². The molecule has 1 heterocycles. The average molecular weight is 298 g/mol. The van der Waals surface area contributed by atoms with Crippen molar-refractivity contribution in [3.8, 4) is 0 Å². The molecular weight excluding hydrogens is 287 g/mol. The lowest BCUT2D eigenvalue weighted by Crippen LogP contribution is -2.28. The van der Waals surface area contributed by atoms with Crippen LogP contribution in [0.4, 0.5) is 19.0 Å². The Hall–Kier alpha value is -1.57. The average Bonchev–Trinajstić information content (AvgIpc) is 2.27. The van der Waals surface area contributed by atoms with Gasteiger partial charge < -0.3 is 10.1 Å². The normalized spacial score (nSPS) is 12.9. The third kappa shape index (κ3) is 4.55. The van der Waals surface area contributed by atoms with E-state index in [1.165, 1.54) is 6.92 Å². The fraction of sp³-hybridized carbons (Fsp3) is 0.500. The van der Waals surface area contributed by atoms with Gasteiger partial charge in [0, 0.05) is 6.07 Å². The molecule has 1 N–H and O–H groups in total. The maximum absolute atomic E-state index is 12.5. The number of halogens is 4. The number of alkyl halides is 3. The molecule has 0 aliphatic carbocycles. The number of esters is 1. The summed E-state index contributed by atoms with van der Waals surface area (Å²) >= 11 is 5.40. The standard InChI is InChI=1S/C10H11ClF3N3O2/c1-3-19-8(18)5(2)15-7-4-6(10(12,13)14)16-9(11)17-7/h4-5H,3H2,1-2H3,(H,15,16,17). The summed E-state index contributed by atoms with van der Waals surface area (Å²) < 4.78 is 42.2. The Morgan fingerprint density at radius 1 is 1.53 bits per heavy atom. The number of rotatable bonds is 4. The van der Waals surface area contributed by atoms with Crippen LogP contribution < -0.4 is 5.32 Å².